The molecule has 0 fully saturated rings. The van der Waals surface area contributed by atoms with E-state index in [0.717, 1.165) is 0 Å². The highest BCUT2D eigenvalue weighted by atomic mass is 16.4. The molecule has 0 rings (SSSR count). The molecule has 0 aromatic heterocycles. The predicted molar refractivity (Wildman–Crippen MR) is 56.8 cm³/mol. The van der Waals surface area contributed by atoms with E-state index in [1.165, 1.54) is 45.7 Å². The third-order valence-electron chi connectivity index (χ3n) is 1.81. The van der Waals surface area contributed by atoms with Gasteiger partial charge in [0, 0.05) is 5.97 Å². The number of carboxylic acid groups (broad SMARTS) is 1. The van der Waals surface area contributed by atoms with Gasteiger partial charge in [0.1, 0.15) is 0 Å². The first kappa shape index (κ1) is 15.9. The van der Waals surface area contributed by atoms with Crippen LogP contribution in [0.2, 0.25) is 0 Å². The van der Waals surface area contributed by atoms with Crippen LogP contribution in [0.4, 0.5) is 0 Å². The summed E-state index contributed by atoms with van der Waals surface area (Å²) < 4.78 is 0. The van der Waals surface area contributed by atoms with Gasteiger partial charge in [0.15, 0.2) is 0 Å². The van der Waals surface area contributed by atoms with Crippen molar-refractivity contribution < 1.29 is 15.2 Å². The highest BCUT2D eigenvalue weighted by molar-refractivity contribution is 5.63. The maximum absolute atomic E-state index is 9.26. The summed E-state index contributed by atoms with van der Waals surface area (Å²) in [5, 5.41) is 11.7. The minimum absolute atomic E-state index is 0.111. The molecule has 2 N–H and O–H groups in total. The van der Waals surface area contributed by atoms with Crippen molar-refractivity contribution in [3.63, 3.8) is 0 Å². The van der Waals surface area contributed by atoms with E-state index in [0.29, 0.717) is 0 Å². The minimum Gasteiger partial charge on any atom is -0.550 e. The van der Waals surface area contributed by atoms with E-state index >= 15 is 0 Å². The number of nitrogens with two attached hydrogens (primary N) is 1. The second-order valence-corrected chi connectivity index (χ2v) is 3.30. The second kappa shape index (κ2) is 14.9. The van der Waals surface area contributed by atoms with E-state index in [2.05, 4.69) is 19.2 Å². The molecule has 3 nitrogen and oxygen atoms in total. The van der Waals surface area contributed by atoms with Gasteiger partial charge in [-0.1, -0.05) is 33.6 Å². The van der Waals surface area contributed by atoms with Crippen molar-refractivity contribution in [2.75, 3.05) is 13.1 Å². The summed E-state index contributed by atoms with van der Waals surface area (Å²) in [4.78, 5) is 9.26. The second-order valence-electron chi connectivity index (χ2n) is 3.30. The van der Waals surface area contributed by atoms with Crippen LogP contribution >= 0.6 is 0 Å². The molecule has 0 radical (unpaired) electrons. The lowest BCUT2D eigenvalue weighted by Crippen LogP contribution is -2.84. The summed E-state index contributed by atoms with van der Waals surface area (Å²) in [5.74, 6) is -0.995. The number of unbranched alkanes of at least 4 members (excludes halogenated alkanes) is 2. The summed E-state index contributed by atoms with van der Waals surface area (Å²) in [6.07, 6.45) is 5.54. The third-order valence-corrected chi connectivity index (χ3v) is 1.81. The Bertz CT molecular complexity index is 110. The molecule has 3 heteroatoms. The molecule has 0 aromatic rings. The smallest absolute Gasteiger partial charge is 0.0755 e. The van der Waals surface area contributed by atoms with Crippen LogP contribution in [-0.4, -0.2) is 19.1 Å². The van der Waals surface area contributed by atoms with Crippen molar-refractivity contribution in [2.45, 2.75) is 52.9 Å². The topological polar surface area (TPSA) is 56.7 Å². The number of quaternary nitrogens is 1. The first-order valence-corrected chi connectivity index (χ1v) is 5.70. The van der Waals surface area contributed by atoms with Crippen molar-refractivity contribution in [1.29, 1.82) is 0 Å². The van der Waals surface area contributed by atoms with Crippen LogP contribution in [0.15, 0.2) is 0 Å². The van der Waals surface area contributed by atoms with Gasteiger partial charge in [-0.25, -0.2) is 0 Å². The summed E-state index contributed by atoms with van der Waals surface area (Å²) in [6.45, 7) is 8.68. The Morgan fingerprint density at radius 2 is 1.43 bits per heavy atom. The van der Waals surface area contributed by atoms with E-state index in [1.807, 2.05) is 0 Å². The van der Waals surface area contributed by atoms with Gasteiger partial charge in [-0.15, -0.1) is 0 Å². The van der Waals surface area contributed by atoms with Crippen molar-refractivity contribution in [2.24, 2.45) is 0 Å². The standard InChI is InChI=1S/C8H19N.C3H6O2/c1-3-5-7-9-8-6-4-2;1-2-3(4)5/h9H,3-8H2,1-2H3;2H2,1H3,(H,4,5). The number of aliphatic carboxylic acids is 1. The molecular formula is C11H25NO2. The maximum Gasteiger partial charge on any atom is 0.0755 e. The first-order valence-electron chi connectivity index (χ1n) is 5.70. The fourth-order valence-corrected chi connectivity index (χ4v) is 0.841. The Morgan fingerprint density at radius 3 is 1.64 bits per heavy atom. The predicted octanol–water partition coefficient (Wildman–Crippen LogP) is 0.296. The molecule has 0 spiro atoms. The van der Waals surface area contributed by atoms with Crippen molar-refractivity contribution in [3.05, 3.63) is 0 Å². The fraction of sp³-hybridized carbons (Fsp3) is 0.909. The lowest BCUT2D eigenvalue weighted by atomic mass is 10.3. The Kier molecular flexibility index (Phi) is 16.9. The molecule has 0 aromatic carbocycles. The van der Waals surface area contributed by atoms with Gasteiger partial charge in [0.05, 0.1) is 13.1 Å². The summed E-state index contributed by atoms with van der Waals surface area (Å²) in [5.41, 5.74) is 0. The molecule has 0 aliphatic carbocycles. The number of carbonyl (C=O) groups excluding carboxylic acids is 1. The Balaban J connectivity index is 0. The molecule has 0 unspecified atom stereocenters. The van der Waals surface area contributed by atoms with Crippen LogP contribution < -0.4 is 10.4 Å². The third kappa shape index (κ3) is 22.5. The molecular weight excluding hydrogens is 178 g/mol. The Hall–Kier alpha value is -0.570. The van der Waals surface area contributed by atoms with E-state index in [4.69, 9.17) is 0 Å². The lowest BCUT2D eigenvalue weighted by molar-refractivity contribution is -0.655. The molecule has 0 bridgehead atoms. The quantitative estimate of drug-likeness (QED) is 0.605. The van der Waals surface area contributed by atoms with E-state index in [1.54, 1.807) is 0 Å². The zero-order valence-corrected chi connectivity index (χ0v) is 9.84. The van der Waals surface area contributed by atoms with Gasteiger partial charge < -0.3 is 15.2 Å². The lowest BCUT2D eigenvalue weighted by Gasteiger charge is -1.96. The molecule has 86 valence electrons. The highest BCUT2D eigenvalue weighted by Gasteiger charge is 1.86. The average Bonchev–Trinajstić information content (AvgIpc) is 2.19. The minimum atomic E-state index is -0.995. The maximum atomic E-state index is 9.26. The largest absolute Gasteiger partial charge is 0.550 e. The van der Waals surface area contributed by atoms with Crippen molar-refractivity contribution in [3.8, 4) is 0 Å². The van der Waals surface area contributed by atoms with Gasteiger partial charge in [-0.2, -0.15) is 0 Å². The van der Waals surface area contributed by atoms with Gasteiger partial charge in [0.2, 0.25) is 0 Å². The summed E-state index contributed by atoms with van der Waals surface area (Å²) in [6, 6.07) is 0. The molecule has 0 atom stereocenters. The number of hydrogen-bond donors (Lipinski definition) is 1. The summed E-state index contributed by atoms with van der Waals surface area (Å²) in [7, 11) is 0. The van der Waals surface area contributed by atoms with Crippen molar-refractivity contribution in [1.82, 2.24) is 0 Å². The number of carbonyl (C=O) groups is 1. The molecule has 0 amide bonds. The number of hydrogen-bond acceptors (Lipinski definition) is 2. The Morgan fingerprint density at radius 1 is 1.07 bits per heavy atom. The van der Waals surface area contributed by atoms with Crippen LogP contribution in [-0.2, 0) is 4.79 Å². The zero-order valence-electron chi connectivity index (χ0n) is 9.84. The molecule has 0 saturated carbocycles. The van der Waals surface area contributed by atoms with Gasteiger partial charge in [-0.3, -0.25) is 0 Å². The average molecular weight is 203 g/mol. The zero-order chi connectivity index (χ0) is 11.2. The van der Waals surface area contributed by atoms with Crippen molar-refractivity contribution >= 4 is 5.97 Å². The molecule has 0 aliphatic rings. The van der Waals surface area contributed by atoms with E-state index in [-0.39, 0.29) is 6.42 Å². The summed E-state index contributed by atoms with van der Waals surface area (Å²) >= 11 is 0. The number of carboxylic acids is 1. The molecule has 0 saturated heterocycles. The first-order chi connectivity index (χ1) is 6.68. The SMILES string of the molecule is CCC(=O)[O-].CCCC[NH2+]CCCC. The van der Waals surface area contributed by atoms with E-state index < -0.39 is 5.97 Å². The number of rotatable bonds is 7. The van der Waals surface area contributed by atoms with Gasteiger partial charge in [0.25, 0.3) is 0 Å². The normalized spacial score (nSPS) is 9.07. The van der Waals surface area contributed by atoms with Crippen LogP contribution in [0, 0.1) is 0 Å². The molecule has 0 aliphatic heterocycles. The van der Waals surface area contributed by atoms with Crippen LogP contribution in [0.1, 0.15) is 52.9 Å². The Labute approximate surface area is 87.9 Å². The van der Waals surface area contributed by atoms with E-state index in [9.17, 15) is 9.90 Å². The molecule has 14 heavy (non-hydrogen) atoms. The monoisotopic (exact) mass is 203 g/mol. The van der Waals surface area contributed by atoms with Crippen LogP contribution in [0.5, 0.6) is 0 Å². The van der Waals surface area contributed by atoms with Crippen LogP contribution in [0.25, 0.3) is 0 Å². The van der Waals surface area contributed by atoms with Gasteiger partial charge in [-0.05, 0) is 19.3 Å². The molecule has 0 heterocycles. The van der Waals surface area contributed by atoms with Crippen LogP contribution in [0.3, 0.4) is 0 Å². The van der Waals surface area contributed by atoms with Gasteiger partial charge >= 0.3 is 0 Å². The fourth-order valence-electron chi connectivity index (χ4n) is 0.841. The highest BCUT2D eigenvalue weighted by Crippen LogP contribution is 1.80.